The van der Waals surface area contributed by atoms with Crippen molar-refractivity contribution in [2.75, 3.05) is 19.0 Å². The molecule has 1 fully saturated rings. The Morgan fingerprint density at radius 1 is 1.35 bits per heavy atom. The van der Waals surface area contributed by atoms with Crippen molar-refractivity contribution in [1.82, 2.24) is 5.32 Å². The maximum atomic E-state index is 12.1. The number of hydrogen-bond donors (Lipinski definition) is 2. The highest BCUT2D eigenvalue weighted by atomic mass is 16.5. The van der Waals surface area contributed by atoms with E-state index in [-0.39, 0.29) is 12.5 Å². The van der Waals surface area contributed by atoms with Gasteiger partial charge in [-0.2, -0.15) is 5.26 Å². The van der Waals surface area contributed by atoms with Gasteiger partial charge in [0.1, 0.15) is 5.54 Å². The van der Waals surface area contributed by atoms with Crippen LogP contribution in [0.5, 0.6) is 0 Å². The highest BCUT2D eigenvalue weighted by molar-refractivity contribution is 5.93. The Morgan fingerprint density at radius 3 is 2.65 bits per heavy atom. The molecule has 122 valence electrons. The summed E-state index contributed by atoms with van der Waals surface area (Å²) < 4.78 is 4.73. The van der Waals surface area contributed by atoms with E-state index >= 15 is 0 Å². The normalized spacial score (nSPS) is 15.5. The summed E-state index contributed by atoms with van der Waals surface area (Å²) in [5.41, 5.74) is 1.16. The molecule has 0 spiro atoms. The molecule has 1 aromatic rings. The summed E-state index contributed by atoms with van der Waals surface area (Å²) >= 11 is 0. The zero-order chi connectivity index (χ0) is 16.9. The molecule has 0 radical (unpaired) electrons. The Morgan fingerprint density at radius 2 is 2.04 bits per heavy atom. The van der Waals surface area contributed by atoms with Gasteiger partial charge in [0.15, 0.2) is 0 Å². The number of nitriles is 1. The van der Waals surface area contributed by atoms with Crippen LogP contribution in [0, 0.1) is 18.3 Å². The number of hydrogen-bond acceptors (Lipinski definition) is 5. The van der Waals surface area contributed by atoms with E-state index in [1.54, 1.807) is 25.1 Å². The first-order valence-electron chi connectivity index (χ1n) is 7.65. The number of nitrogens with one attached hydrogen (secondary N) is 2. The van der Waals surface area contributed by atoms with Crippen LogP contribution in [0.25, 0.3) is 0 Å². The van der Waals surface area contributed by atoms with Gasteiger partial charge < -0.3 is 15.4 Å². The lowest BCUT2D eigenvalue weighted by molar-refractivity contribution is -0.120. The number of amides is 1. The first kappa shape index (κ1) is 16.8. The Labute approximate surface area is 135 Å². The largest absolute Gasteiger partial charge is 0.465 e. The predicted octanol–water partition coefficient (Wildman–Crippen LogP) is 2.15. The quantitative estimate of drug-likeness (QED) is 0.812. The molecule has 1 aromatic carbocycles. The molecule has 0 heterocycles. The standard InChI is InChI=1S/C17H21N3O3/c1-12-13(16(22)23-2)6-5-7-14(12)19-10-15(21)20-17(11-18)8-3-4-9-17/h5-7,19H,3-4,8-10H2,1-2H3,(H,20,21). The molecule has 23 heavy (non-hydrogen) atoms. The topological polar surface area (TPSA) is 91.2 Å². The Kier molecular flexibility index (Phi) is 5.22. The maximum absolute atomic E-state index is 12.1. The highest BCUT2D eigenvalue weighted by Crippen LogP contribution is 2.28. The van der Waals surface area contributed by atoms with Crippen LogP contribution in [0.4, 0.5) is 5.69 Å². The Hall–Kier alpha value is -2.55. The molecule has 0 bridgehead atoms. The second-order valence-corrected chi connectivity index (χ2v) is 5.77. The van der Waals surface area contributed by atoms with Crippen LogP contribution in [0.3, 0.4) is 0 Å². The van der Waals surface area contributed by atoms with Gasteiger partial charge in [0.25, 0.3) is 0 Å². The molecule has 1 aliphatic rings. The number of nitrogens with zero attached hydrogens (tertiary/aromatic N) is 1. The fourth-order valence-corrected chi connectivity index (χ4v) is 2.89. The molecule has 2 rings (SSSR count). The maximum Gasteiger partial charge on any atom is 0.338 e. The van der Waals surface area contributed by atoms with Gasteiger partial charge in [-0.1, -0.05) is 6.07 Å². The predicted molar refractivity (Wildman–Crippen MR) is 86.0 cm³/mol. The third kappa shape index (κ3) is 3.81. The molecule has 1 saturated carbocycles. The number of anilines is 1. The summed E-state index contributed by atoms with van der Waals surface area (Å²) in [6.45, 7) is 1.84. The van der Waals surface area contributed by atoms with Gasteiger partial charge in [-0.15, -0.1) is 0 Å². The van der Waals surface area contributed by atoms with Gasteiger partial charge >= 0.3 is 5.97 Å². The van der Waals surface area contributed by atoms with E-state index in [2.05, 4.69) is 16.7 Å². The first-order valence-corrected chi connectivity index (χ1v) is 7.65. The number of rotatable bonds is 5. The van der Waals surface area contributed by atoms with Gasteiger partial charge in [0.2, 0.25) is 5.91 Å². The molecule has 6 heteroatoms. The molecule has 1 amide bonds. The molecule has 0 aromatic heterocycles. The van der Waals surface area contributed by atoms with Crippen LogP contribution in [0.2, 0.25) is 0 Å². The second-order valence-electron chi connectivity index (χ2n) is 5.77. The van der Waals surface area contributed by atoms with E-state index in [0.717, 1.165) is 18.4 Å². The summed E-state index contributed by atoms with van der Waals surface area (Å²) in [6, 6.07) is 7.43. The number of benzene rings is 1. The molecule has 2 N–H and O–H groups in total. The molecule has 0 saturated heterocycles. The van der Waals surface area contributed by atoms with Crippen molar-refractivity contribution in [3.8, 4) is 6.07 Å². The van der Waals surface area contributed by atoms with Crippen molar-refractivity contribution >= 4 is 17.6 Å². The summed E-state index contributed by atoms with van der Waals surface area (Å²) in [5, 5.41) is 15.1. The van der Waals surface area contributed by atoms with Crippen molar-refractivity contribution in [3.63, 3.8) is 0 Å². The van der Waals surface area contributed by atoms with E-state index in [1.807, 2.05) is 0 Å². The number of ether oxygens (including phenoxy) is 1. The zero-order valence-corrected chi connectivity index (χ0v) is 13.4. The van der Waals surface area contributed by atoms with Crippen LogP contribution in [-0.2, 0) is 9.53 Å². The van der Waals surface area contributed by atoms with Crippen LogP contribution < -0.4 is 10.6 Å². The van der Waals surface area contributed by atoms with Gasteiger partial charge in [0, 0.05) is 5.69 Å². The van der Waals surface area contributed by atoms with E-state index < -0.39 is 11.5 Å². The van der Waals surface area contributed by atoms with Crippen molar-refractivity contribution in [1.29, 1.82) is 5.26 Å². The highest BCUT2D eigenvalue weighted by Gasteiger charge is 2.35. The molecule has 0 aliphatic heterocycles. The number of methoxy groups -OCH3 is 1. The summed E-state index contributed by atoms with van der Waals surface area (Å²) in [5.74, 6) is -0.638. The fourth-order valence-electron chi connectivity index (χ4n) is 2.89. The van der Waals surface area contributed by atoms with E-state index in [1.165, 1.54) is 7.11 Å². The van der Waals surface area contributed by atoms with E-state index in [0.29, 0.717) is 24.1 Å². The van der Waals surface area contributed by atoms with Crippen molar-refractivity contribution in [3.05, 3.63) is 29.3 Å². The SMILES string of the molecule is COC(=O)c1cccc(NCC(=O)NC2(C#N)CCCC2)c1C. The Bertz CT molecular complexity index is 643. The third-order valence-electron chi connectivity index (χ3n) is 4.23. The third-order valence-corrected chi connectivity index (χ3v) is 4.23. The number of carbonyl (C=O) groups is 2. The van der Waals surface area contributed by atoms with Crippen LogP contribution in [-0.4, -0.2) is 31.1 Å². The molecular weight excluding hydrogens is 294 g/mol. The van der Waals surface area contributed by atoms with Crippen molar-refractivity contribution < 1.29 is 14.3 Å². The summed E-state index contributed by atoms with van der Waals surface area (Å²) in [4.78, 5) is 23.8. The van der Waals surface area contributed by atoms with Gasteiger partial charge in [-0.3, -0.25) is 4.79 Å². The molecule has 6 nitrogen and oxygen atoms in total. The fraction of sp³-hybridized carbons (Fsp3) is 0.471. The zero-order valence-electron chi connectivity index (χ0n) is 13.4. The summed E-state index contributed by atoms with van der Waals surface area (Å²) in [7, 11) is 1.33. The lowest BCUT2D eigenvalue weighted by Crippen LogP contribution is -2.47. The molecular formula is C17H21N3O3. The number of esters is 1. The molecule has 0 atom stereocenters. The molecule has 0 unspecified atom stereocenters. The second kappa shape index (κ2) is 7.14. The average molecular weight is 315 g/mol. The van der Waals surface area contributed by atoms with Crippen molar-refractivity contribution in [2.45, 2.75) is 38.1 Å². The smallest absolute Gasteiger partial charge is 0.338 e. The minimum Gasteiger partial charge on any atom is -0.465 e. The van der Waals surface area contributed by atoms with Gasteiger partial charge in [-0.25, -0.2) is 4.79 Å². The van der Waals surface area contributed by atoms with Crippen molar-refractivity contribution in [2.24, 2.45) is 0 Å². The monoisotopic (exact) mass is 315 g/mol. The van der Waals surface area contributed by atoms with Crippen LogP contribution in [0.1, 0.15) is 41.6 Å². The first-order chi connectivity index (χ1) is 11.0. The van der Waals surface area contributed by atoms with E-state index in [9.17, 15) is 14.9 Å². The van der Waals surface area contributed by atoms with Gasteiger partial charge in [-0.05, 0) is 50.3 Å². The number of carbonyl (C=O) groups excluding carboxylic acids is 2. The average Bonchev–Trinajstić information content (AvgIpc) is 3.02. The minimum atomic E-state index is -0.721. The Balaban J connectivity index is 2.00. The molecule has 1 aliphatic carbocycles. The lowest BCUT2D eigenvalue weighted by Gasteiger charge is -2.22. The van der Waals surface area contributed by atoms with Crippen LogP contribution in [0.15, 0.2) is 18.2 Å². The summed E-state index contributed by atoms with van der Waals surface area (Å²) in [6.07, 6.45) is 3.32. The van der Waals surface area contributed by atoms with Gasteiger partial charge in [0.05, 0.1) is 25.3 Å². The lowest BCUT2D eigenvalue weighted by atomic mass is 10.00. The van der Waals surface area contributed by atoms with E-state index in [4.69, 9.17) is 4.74 Å². The van der Waals surface area contributed by atoms with Crippen LogP contribution >= 0.6 is 0 Å². The minimum absolute atomic E-state index is 0.0505.